The summed E-state index contributed by atoms with van der Waals surface area (Å²) in [6.07, 6.45) is -0.108. The third-order valence-electron chi connectivity index (χ3n) is 1.76. The highest BCUT2D eigenvalue weighted by Gasteiger charge is 2.14. The first-order valence-electron chi connectivity index (χ1n) is 5.83. The van der Waals surface area contributed by atoms with Crippen LogP contribution < -0.4 is 0 Å². The summed E-state index contributed by atoms with van der Waals surface area (Å²) >= 11 is 0. The van der Waals surface area contributed by atoms with Crippen molar-refractivity contribution in [1.82, 2.24) is 0 Å². The Kier molecular flexibility index (Phi) is 8.02. The predicted molar refractivity (Wildman–Crippen MR) is 61.7 cm³/mol. The molecule has 0 aromatic carbocycles. The van der Waals surface area contributed by atoms with Gasteiger partial charge in [0.25, 0.3) is 0 Å². The first kappa shape index (κ1) is 14.9. The van der Waals surface area contributed by atoms with Gasteiger partial charge in [0.2, 0.25) is 0 Å². The van der Waals surface area contributed by atoms with Crippen molar-refractivity contribution in [3.63, 3.8) is 0 Å². The fraction of sp³-hybridized carbons (Fsp3) is 1.00. The smallest absolute Gasteiger partial charge is 0.160 e. The van der Waals surface area contributed by atoms with Crippen LogP contribution in [0.4, 0.5) is 0 Å². The largest absolute Gasteiger partial charge is 0.393 e. The van der Waals surface area contributed by atoms with Gasteiger partial charge in [0.05, 0.1) is 19.3 Å². The van der Waals surface area contributed by atoms with E-state index in [2.05, 4.69) is 27.7 Å². The number of rotatable bonds is 8. The van der Waals surface area contributed by atoms with Crippen molar-refractivity contribution in [1.29, 1.82) is 0 Å². The first-order chi connectivity index (χ1) is 6.91. The molecule has 0 saturated heterocycles. The van der Waals surface area contributed by atoms with E-state index in [1.54, 1.807) is 6.92 Å². The van der Waals surface area contributed by atoms with Gasteiger partial charge in [0, 0.05) is 6.42 Å². The molecule has 1 N–H and O–H groups in total. The average molecular weight is 218 g/mol. The van der Waals surface area contributed by atoms with Crippen molar-refractivity contribution in [2.45, 2.75) is 53.4 Å². The lowest BCUT2D eigenvalue weighted by Gasteiger charge is -2.21. The number of ether oxygens (including phenoxy) is 2. The van der Waals surface area contributed by atoms with E-state index < -0.39 is 0 Å². The van der Waals surface area contributed by atoms with E-state index in [1.165, 1.54) is 0 Å². The minimum absolute atomic E-state index is 0.269. The van der Waals surface area contributed by atoms with Gasteiger partial charge < -0.3 is 14.6 Å². The summed E-state index contributed by atoms with van der Waals surface area (Å²) in [7, 11) is 0. The molecule has 0 amide bonds. The lowest BCUT2D eigenvalue weighted by Crippen LogP contribution is -2.25. The van der Waals surface area contributed by atoms with Gasteiger partial charge in [-0.15, -0.1) is 0 Å². The molecule has 0 bridgehead atoms. The fourth-order valence-corrected chi connectivity index (χ4v) is 1.06. The topological polar surface area (TPSA) is 38.7 Å². The van der Waals surface area contributed by atoms with Gasteiger partial charge in [0.1, 0.15) is 0 Å². The van der Waals surface area contributed by atoms with Crippen LogP contribution in [0.15, 0.2) is 0 Å². The quantitative estimate of drug-likeness (QED) is 0.636. The number of hydrogen-bond acceptors (Lipinski definition) is 3. The zero-order valence-corrected chi connectivity index (χ0v) is 10.7. The zero-order valence-electron chi connectivity index (χ0n) is 10.7. The minimum atomic E-state index is -0.380. The van der Waals surface area contributed by atoms with Crippen molar-refractivity contribution >= 4 is 0 Å². The Morgan fingerprint density at radius 2 is 1.27 bits per heavy atom. The molecule has 0 spiro atoms. The average Bonchev–Trinajstić information content (AvgIpc) is 2.08. The Morgan fingerprint density at radius 1 is 0.867 bits per heavy atom. The molecule has 1 atom stereocenters. The highest BCUT2D eigenvalue weighted by molar-refractivity contribution is 4.54. The Hall–Kier alpha value is -0.120. The van der Waals surface area contributed by atoms with Gasteiger partial charge in [-0.2, -0.15) is 0 Å². The van der Waals surface area contributed by atoms with Crippen LogP contribution in [-0.4, -0.2) is 30.7 Å². The molecule has 1 unspecified atom stereocenters. The molecule has 0 rings (SSSR count). The highest BCUT2D eigenvalue weighted by atomic mass is 16.7. The molecule has 0 aromatic heterocycles. The Balaban J connectivity index is 3.84. The second-order valence-electron chi connectivity index (χ2n) is 4.97. The molecule has 0 aliphatic heterocycles. The van der Waals surface area contributed by atoms with Crippen LogP contribution in [0.1, 0.15) is 41.0 Å². The molecular weight excluding hydrogens is 192 g/mol. The molecule has 15 heavy (non-hydrogen) atoms. The standard InChI is InChI=1S/C12H26O3/c1-9(2)7-14-12(6-11(5)13)15-8-10(3)4/h9-13H,6-8H2,1-5H3. The number of aliphatic hydroxyl groups excluding tert-OH is 1. The normalized spacial score (nSPS) is 14.2. The SMILES string of the molecule is CC(C)COC(CC(C)O)OCC(C)C. The lowest BCUT2D eigenvalue weighted by molar-refractivity contribution is -0.167. The summed E-state index contributed by atoms with van der Waals surface area (Å²) < 4.78 is 11.2. The van der Waals surface area contributed by atoms with E-state index in [0.29, 0.717) is 31.5 Å². The zero-order chi connectivity index (χ0) is 11.8. The van der Waals surface area contributed by atoms with Crippen molar-refractivity contribution in [3.05, 3.63) is 0 Å². The van der Waals surface area contributed by atoms with Gasteiger partial charge in [-0.3, -0.25) is 0 Å². The molecule has 0 aliphatic carbocycles. The molecule has 0 saturated carbocycles. The minimum Gasteiger partial charge on any atom is -0.393 e. The molecule has 0 radical (unpaired) electrons. The summed E-state index contributed by atoms with van der Waals surface area (Å²) in [5, 5.41) is 9.29. The van der Waals surface area contributed by atoms with Gasteiger partial charge in [-0.25, -0.2) is 0 Å². The van der Waals surface area contributed by atoms with Crippen molar-refractivity contribution < 1.29 is 14.6 Å². The Labute approximate surface area is 93.8 Å². The van der Waals surface area contributed by atoms with E-state index in [-0.39, 0.29) is 12.4 Å². The predicted octanol–water partition coefficient (Wildman–Crippen LogP) is 2.43. The summed E-state index contributed by atoms with van der Waals surface area (Å²) in [5.74, 6) is 0.980. The van der Waals surface area contributed by atoms with Crippen LogP contribution in [-0.2, 0) is 9.47 Å². The molecule has 3 nitrogen and oxygen atoms in total. The molecular formula is C12H26O3. The highest BCUT2D eigenvalue weighted by Crippen LogP contribution is 2.09. The van der Waals surface area contributed by atoms with Crippen LogP contribution in [0.5, 0.6) is 0 Å². The monoisotopic (exact) mass is 218 g/mol. The van der Waals surface area contributed by atoms with E-state index in [9.17, 15) is 5.11 Å². The summed E-state index contributed by atoms with van der Waals surface area (Å²) in [6, 6.07) is 0. The van der Waals surface area contributed by atoms with Crippen molar-refractivity contribution in [2.75, 3.05) is 13.2 Å². The maximum Gasteiger partial charge on any atom is 0.160 e. The van der Waals surface area contributed by atoms with Crippen LogP contribution in [0, 0.1) is 11.8 Å². The van der Waals surface area contributed by atoms with E-state index >= 15 is 0 Å². The van der Waals surface area contributed by atoms with Gasteiger partial charge in [0.15, 0.2) is 6.29 Å². The third-order valence-corrected chi connectivity index (χ3v) is 1.76. The summed E-state index contributed by atoms with van der Waals surface area (Å²) in [4.78, 5) is 0. The summed E-state index contributed by atoms with van der Waals surface area (Å²) in [5.41, 5.74) is 0. The number of aliphatic hydroxyl groups is 1. The second-order valence-corrected chi connectivity index (χ2v) is 4.97. The molecule has 0 fully saturated rings. The molecule has 0 aliphatic rings. The maximum absolute atomic E-state index is 9.29. The van der Waals surface area contributed by atoms with E-state index in [4.69, 9.17) is 9.47 Å². The fourth-order valence-electron chi connectivity index (χ4n) is 1.06. The third kappa shape index (κ3) is 10.2. The van der Waals surface area contributed by atoms with E-state index in [0.717, 1.165) is 0 Å². The van der Waals surface area contributed by atoms with Crippen molar-refractivity contribution in [3.8, 4) is 0 Å². The summed E-state index contributed by atoms with van der Waals surface area (Å²) in [6.45, 7) is 11.5. The molecule has 3 heteroatoms. The van der Waals surface area contributed by atoms with Crippen molar-refractivity contribution in [2.24, 2.45) is 11.8 Å². The second kappa shape index (κ2) is 8.08. The van der Waals surface area contributed by atoms with E-state index in [1.807, 2.05) is 0 Å². The first-order valence-corrected chi connectivity index (χ1v) is 5.83. The Morgan fingerprint density at radius 3 is 1.53 bits per heavy atom. The van der Waals surface area contributed by atoms with Crippen LogP contribution >= 0.6 is 0 Å². The molecule has 0 heterocycles. The maximum atomic E-state index is 9.29. The van der Waals surface area contributed by atoms with Gasteiger partial charge in [-0.05, 0) is 18.8 Å². The molecule has 92 valence electrons. The Bertz CT molecular complexity index is 132. The van der Waals surface area contributed by atoms with Gasteiger partial charge in [-0.1, -0.05) is 27.7 Å². The van der Waals surface area contributed by atoms with Crippen LogP contribution in [0.2, 0.25) is 0 Å². The van der Waals surface area contributed by atoms with Crippen LogP contribution in [0.3, 0.4) is 0 Å². The lowest BCUT2D eigenvalue weighted by atomic mass is 10.2. The van der Waals surface area contributed by atoms with Gasteiger partial charge >= 0.3 is 0 Å². The molecule has 0 aromatic rings. The van der Waals surface area contributed by atoms with Crippen LogP contribution in [0.25, 0.3) is 0 Å². The number of hydrogen-bond donors (Lipinski definition) is 1.